The lowest BCUT2D eigenvalue weighted by Gasteiger charge is -2.15. The van der Waals surface area contributed by atoms with Crippen LogP contribution in [-0.2, 0) is 17.8 Å². The minimum absolute atomic E-state index is 0.0542. The van der Waals surface area contributed by atoms with Crippen molar-refractivity contribution in [2.75, 3.05) is 13.1 Å². The first-order valence-corrected chi connectivity index (χ1v) is 5.17. The van der Waals surface area contributed by atoms with Gasteiger partial charge in [0, 0.05) is 6.42 Å². The molecule has 0 unspecified atom stereocenters. The Labute approximate surface area is 89.5 Å². The molecule has 0 spiro atoms. The lowest BCUT2D eigenvalue weighted by atomic mass is 10.3. The minimum Gasteiger partial charge on any atom is -0.480 e. The number of furan rings is 1. The molecule has 1 rings (SSSR count). The van der Waals surface area contributed by atoms with E-state index in [1.54, 1.807) is 0 Å². The van der Waals surface area contributed by atoms with Gasteiger partial charge in [0.1, 0.15) is 11.5 Å². The summed E-state index contributed by atoms with van der Waals surface area (Å²) in [4.78, 5) is 12.4. The molecule has 4 heteroatoms. The van der Waals surface area contributed by atoms with Gasteiger partial charge in [-0.25, -0.2) is 0 Å². The quantitative estimate of drug-likeness (QED) is 0.778. The van der Waals surface area contributed by atoms with Gasteiger partial charge in [-0.15, -0.1) is 0 Å². The molecule has 1 aromatic heterocycles. The number of hydrogen-bond acceptors (Lipinski definition) is 3. The predicted molar refractivity (Wildman–Crippen MR) is 56.7 cm³/mol. The van der Waals surface area contributed by atoms with Gasteiger partial charge in [-0.1, -0.05) is 13.8 Å². The fraction of sp³-hybridized carbons (Fsp3) is 0.545. The highest BCUT2D eigenvalue weighted by atomic mass is 16.4. The van der Waals surface area contributed by atoms with E-state index in [1.807, 2.05) is 30.9 Å². The monoisotopic (exact) mass is 211 g/mol. The van der Waals surface area contributed by atoms with E-state index in [4.69, 9.17) is 9.52 Å². The SMILES string of the molecule is CCc1ccc(CN(CC)CC(=O)O)o1. The van der Waals surface area contributed by atoms with Crippen LogP contribution in [0.15, 0.2) is 16.5 Å². The van der Waals surface area contributed by atoms with Crippen LogP contribution >= 0.6 is 0 Å². The molecule has 1 aromatic rings. The topological polar surface area (TPSA) is 53.7 Å². The number of aliphatic carboxylic acids is 1. The smallest absolute Gasteiger partial charge is 0.317 e. The Balaban J connectivity index is 2.54. The second-order valence-corrected chi connectivity index (χ2v) is 3.42. The zero-order valence-electron chi connectivity index (χ0n) is 9.19. The molecule has 0 saturated carbocycles. The van der Waals surface area contributed by atoms with Crippen molar-refractivity contribution in [3.8, 4) is 0 Å². The van der Waals surface area contributed by atoms with Gasteiger partial charge < -0.3 is 9.52 Å². The Morgan fingerprint density at radius 1 is 1.40 bits per heavy atom. The molecule has 0 radical (unpaired) electrons. The van der Waals surface area contributed by atoms with Crippen LogP contribution in [0.3, 0.4) is 0 Å². The number of likely N-dealkylation sites (N-methyl/N-ethyl adjacent to an activating group) is 1. The molecule has 0 amide bonds. The molecule has 84 valence electrons. The fourth-order valence-corrected chi connectivity index (χ4v) is 1.39. The normalized spacial score (nSPS) is 10.9. The Morgan fingerprint density at radius 2 is 2.07 bits per heavy atom. The van der Waals surface area contributed by atoms with Crippen molar-refractivity contribution < 1.29 is 14.3 Å². The van der Waals surface area contributed by atoms with Crippen LogP contribution < -0.4 is 0 Å². The first-order valence-electron chi connectivity index (χ1n) is 5.17. The van der Waals surface area contributed by atoms with Gasteiger partial charge >= 0.3 is 5.97 Å². The van der Waals surface area contributed by atoms with E-state index in [-0.39, 0.29) is 6.54 Å². The standard InChI is InChI=1S/C11H17NO3/c1-3-9-5-6-10(15-9)7-12(4-2)8-11(13)14/h5-6H,3-4,7-8H2,1-2H3,(H,13,14). The summed E-state index contributed by atoms with van der Waals surface area (Å²) in [5.74, 6) is 0.963. The number of rotatable bonds is 6. The van der Waals surface area contributed by atoms with Crippen molar-refractivity contribution in [2.45, 2.75) is 26.8 Å². The molecule has 4 nitrogen and oxygen atoms in total. The summed E-state index contributed by atoms with van der Waals surface area (Å²) in [6, 6.07) is 3.84. The van der Waals surface area contributed by atoms with Crippen LogP contribution in [0, 0.1) is 0 Å². The summed E-state index contributed by atoms with van der Waals surface area (Å²) in [7, 11) is 0. The molecule has 0 aliphatic rings. The number of nitrogens with zero attached hydrogens (tertiary/aromatic N) is 1. The summed E-state index contributed by atoms with van der Waals surface area (Å²) >= 11 is 0. The third-order valence-electron chi connectivity index (χ3n) is 2.25. The molecular formula is C11H17NO3. The van der Waals surface area contributed by atoms with Gasteiger partial charge in [0.2, 0.25) is 0 Å². The molecular weight excluding hydrogens is 194 g/mol. The molecule has 15 heavy (non-hydrogen) atoms. The van der Waals surface area contributed by atoms with Crippen LogP contribution in [0.5, 0.6) is 0 Å². The van der Waals surface area contributed by atoms with Gasteiger partial charge in [-0.3, -0.25) is 9.69 Å². The highest BCUT2D eigenvalue weighted by Gasteiger charge is 2.10. The molecule has 0 aliphatic heterocycles. The maximum absolute atomic E-state index is 10.5. The highest BCUT2D eigenvalue weighted by Crippen LogP contribution is 2.10. The Hall–Kier alpha value is -1.29. The summed E-state index contributed by atoms with van der Waals surface area (Å²) in [6.45, 7) is 5.28. The number of carbonyl (C=O) groups is 1. The van der Waals surface area contributed by atoms with Gasteiger partial charge in [-0.2, -0.15) is 0 Å². The van der Waals surface area contributed by atoms with E-state index in [0.717, 1.165) is 17.9 Å². The van der Waals surface area contributed by atoms with Crippen molar-refractivity contribution in [3.63, 3.8) is 0 Å². The average Bonchev–Trinajstić information content (AvgIpc) is 2.64. The lowest BCUT2D eigenvalue weighted by molar-refractivity contribution is -0.138. The van der Waals surface area contributed by atoms with Crippen molar-refractivity contribution >= 4 is 5.97 Å². The van der Waals surface area contributed by atoms with E-state index in [9.17, 15) is 4.79 Å². The van der Waals surface area contributed by atoms with E-state index in [0.29, 0.717) is 13.1 Å². The summed E-state index contributed by atoms with van der Waals surface area (Å²) < 4.78 is 5.51. The van der Waals surface area contributed by atoms with Gasteiger partial charge in [-0.05, 0) is 18.7 Å². The third kappa shape index (κ3) is 3.75. The van der Waals surface area contributed by atoms with Crippen LogP contribution in [0.25, 0.3) is 0 Å². The third-order valence-corrected chi connectivity index (χ3v) is 2.25. The Kier molecular flexibility index (Phi) is 4.37. The van der Waals surface area contributed by atoms with Crippen molar-refractivity contribution in [1.82, 2.24) is 4.90 Å². The number of aryl methyl sites for hydroxylation is 1. The van der Waals surface area contributed by atoms with Crippen LogP contribution in [0.4, 0.5) is 0 Å². The van der Waals surface area contributed by atoms with Crippen LogP contribution in [-0.4, -0.2) is 29.1 Å². The maximum Gasteiger partial charge on any atom is 0.317 e. The van der Waals surface area contributed by atoms with Crippen molar-refractivity contribution in [1.29, 1.82) is 0 Å². The van der Waals surface area contributed by atoms with E-state index >= 15 is 0 Å². The van der Waals surface area contributed by atoms with E-state index in [1.165, 1.54) is 0 Å². The Bertz CT molecular complexity index is 319. The molecule has 0 aromatic carbocycles. The zero-order valence-corrected chi connectivity index (χ0v) is 9.19. The van der Waals surface area contributed by atoms with E-state index in [2.05, 4.69) is 0 Å². The van der Waals surface area contributed by atoms with Gasteiger partial charge in [0.25, 0.3) is 0 Å². The molecule has 0 fully saturated rings. The zero-order chi connectivity index (χ0) is 11.3. The average molecular weight is 211 g/mol. The molecule has 1 N–H and O–H groups in total. The summed E-state index contributed by atoms with van der Waals surface area (Å²) in [5, 5.41) is 8.67. The molecule has 0 bridgehead atoms. The van der Waals surface area contributed by atoms with Gasteiger partial charge in [0.15, 0.2) is 0 Å². The number of carboxylic acids is 1. The molecule has 1 heterocycles. The van der Waals surface area contributed by atoms with Crippen LogP contribution in [0.1, 0.15) is 25.4 Å². The second kappa shape index (κ2) is 5.56. The Morgan fingerprint density at radius 3 is 2.53 bits per heavy atom. The molecule has 0 saturated heterocycles. The number of carboxylic acid groups (broad SMARTS) is 1. The second-order valence-electron chi connectivity index (χ2n) is 3.42. The largest absolute Gasteiger partial charge is 0.480 e. The summed E-state index contributed by atoms with van der Waals surface area (Å²) in [5.41, 5.74) is 0. The first-order chi connectivity index (χ1) is 7.15. The molecule has 0 atom stereocenters. The van der Waals surface area contributed by atoms with Crippen LogP contribution in [0.2, 0.25) is 0 Å². The highest BCUT2D eigenvalue weighted by molar-refractivity contribution is 5.69. The minimum atomic E-state index is -0.806. The van der Waals surface area contributed by atoms with Crippen molar-refractivity contribution in [3.05, 3.63) is 23.7 Å². The predicted octanol–water partition coefficient (Wildman–Crippen LogP) is 1.75. The number of hydrogen-bond donors (Lipinski definition) is 1. The van der Waals surface area contributed by atoms with Gasteiger partial charge in [0.05, 0.1) is 13.1 Å². The lowest BCUT2D eigenvalue weighted by Crippen LogP contribution is -2.28. The van der Waals surface area contributed by atoms with E-state index < -0.39 is 5.97 Å². The molecule has 0 aliphatic carbocycles. The summed E-state index contributed by atoms with van der Waals surface area (Å²) in [6.07, 6.45) is 0.866. The fourth-order valence-electron chi connectivity index (χ4n) is 1.39. The van der Waals surface area contributed by atoms with Crippen molar-refractivity contribution in [2.24, 2.45) is 0 Å². The first kappa shape index (κ1) is 11.8. The maximum atomic E-state index is 10.5.